The Bertz CT molecular complexity index is 502. The topological polar surface area (TPSA) is 12.0 Å². The lowest BCUT2D eigenvalue weighted by Crippen LogP contribution is -2.04. The minimum atomic E-state index is 0.443. The van der Waals surface area contributed by atoms with E-state index >= 15 is 0 Å². The van der Waals surface area contributed by atoms with Crippen molar-refractivity contribution in [2.75, 3.05) is 5.32 Å². The van der Waals surface area contributed by atoms with Crippen molar-refractivity contribution >= 4 is 5.69 Å². The molecule has 0 saturated carbocycles. The van der Waals surface area contributed by atoms with E-state index in [-0.39, 0.29) is 0 Å². The lowest BCUT2D eigenvalue weighted by atomic mass is 10.0. The van der Waals surface area contributed by atoms with Crippen LogP contribution in [-0.2, 0) is 6.42 Å². The molecule has 1 aliphatic heterocycles. The predicted molar refractivity (Wildman–Crippen MR) is 67.7 cm³/mol. The van der Waals surface area contributed by atoms with E-state index in [0.29, 0.717) is 6.04 Å². The van der Waals surface area contributed by atoms with E-state index in [9.17, 15) is 0 Å². The highest BCUT2D eigenvalue weighted by Crippen LogP contribution is 2.34. The number of hydrogen-bond donors (Lipinski definition) is 1. The minimum absolute atomic E-state index is 0.443. The molecule has 2 aromatic carbocycles. The van der Waals surface area contributed by atoms with Crippen LogP contribution in [0.2, 0.25) is 0 Å². The molecule has 1 atom stereocenters. The zero-order chi connectivity index (χ0) is 11.0. The van der Waals surface area contributed by atoms with Gasteiger partial charge >= 0.3 is 0 Å². The second-order valence-corrected chi connectivity index (χ2v) is 4.47. The Hall–Kier alpha value is -1.76. The van der Waals surface area contributed by atoms with E-state index in [1.807, 2.05) is 0 Å². The molecule has 0 spiro atoms. The van der Waals surface area contributed by atoms with Gasteiger partial charge in [-0.15, -0.1) is 0 Å². The van der Waals surface area contributed by atoms with E-state index in [0.717, 1.165) is 6.42 Å². The van der Waals surface area contributed by atoms with Gasteiger partial charge in [0.1, 0.15) is 0 Å². The second kappa shape index (κ2) is 3.67. The molecule has 1 heteroatoms. The molecule has 2 aromatic rings. The standard InChI is InChI=1S/C15H15N/c1-11-7-8-13-10-15(16-14(13)9-11)12-5-3-2-4-6-12/h2-9,15-16H,10H2,1H3. The predicted octanol–water partition coefficient (Wildman–Crippen LogP) is 3.70. The van der Waals surface area contributed by atoms with Crippen molar-refractivity contribution in [2.45, 2.75) is 19.4 Å². The van der Waals surface area contributed by atoms with Crippen molar-refractivity contribution in [3.63, 3.8) is 0 Å². The zero-order valence-corrected chi connectivity index (χ0v) is 9.40. The number of hydrogen-bond acceptors (Lipinski definition) is 1. The molecule has 1 aliphatic rings. The van der Waals surface area contributed by atoms with Crippen LogP contribution in [0.4, 0.5) is 5.69 Å². The summed E-state index contributed by atoms with van der Waals surface area (Å²) in [4.78, 5) is 0. The fraction of sp³-hybridized carbons (Fsp3) is 0.200. The van der Waals surface area contributed by atoms with Crippen molar-refractivity contribution in [2.24, 2.45) is 0 Å². The first-order valence-corrected chi connectivity index (χ1v) is 5.74. The van der Waals surface area contributed by atoms with E-state index in [2.05, 4.69) is 60.8 Å². The molecule has 0 radical (unpaired) electrons. The number of fused-ring (bicyclic) bond motifs is 1. The summed E-state index contributed by atoms with van der Waals surface area (Å²) in [6.45, 7) is 2.14. The quantitative estimate of drug-likeness (QED) is 0.755. The van der Waals surface area contributed by atoms with Gasteiger partial charge < -0.3 is 5.32 Å². The maximum Gasteiger partial charge on any atom is 0.0555 e. The van der Waals surface area contributed by atoms with Gasteiger partial charge in [0.25, 0.3) is 0 Å². The summed E-state index contributed by atoms with van der Waals surface area (Å²) in [5.74, 6) is 0. The average Bonchev–Trinajstić information content (AvgIpc) is 2.73. The Morgan fingerprint density at radius 1 is 1.06 bits per heavy atom. The van der Waals surface area contributed by atoms with Gasteiger partial charge in [0.05, 0.1) is 6.04 Å². The van der Waals surface area contributed by atoms with Crippen molar-refractivity contribution in [3.8, 4) is 0 Å². The molecule has 0 amide bonds. The van der Waals surface area contributed by atoms with E-state index in [4.69, 9.17) is 0 Å². The smallest absolute Gasteiger partial charge is 0.0555 e. The maximum atomic E-state index is 3.59. The van der Waals surface area contributed by atoms with Gasteiger partial charge in [-0.2, -0.15) is 0 Å². The van der Waals surface area contributed by atoms with Gasteiger partial charge in [0, 0.05) is 5.69 Å². The first kappa shape index (κ1) is 9.46. The number of rotatable bonds is 1. The third-order valence-electron chi connectivity index (χ3n) is 3.22. The van der Waals surface area contributed by atoms with Gasteiger partial charge in [0.2, 0.25) is 0 Å². The highest BCUT2D eigenvalue weighted by molar-refractivity contribution is 5.59. The Kier molecular flexibility index (Phi) is 2.17. The Balaban J connectivity index is 1.91. The fourth-order valence-corrected chi connectivity index (χ4v) is 2.35. The zero-order valence-electron chi connectivity index (χ0n) is 9.40. The Morgan fingerprint density at radius 2 is 1.88 bits per heavy atom. The van der Waals surface area contributed by atoms with Gasteiger partial charge in [-0.3, -0.25) is 0 Å². The summed E-state index contributed by atoms with van der Waals surface area (Å²) >= 11 is 0. The van der Waals surface area contributed by atoms with Crippen LogP contribution < -0.4 is 5.32 Å². The highest BCUT2D eigenvalue weighted by Gasteiger charge is 2.21. The van der Waals surface area contributed by atoms with Crippen LogP contribution in [0.3, 0.4) is 0 Å². The SMILES string of the molecule is Cc1ccc2c(c1)NC(c1ccccc1)C2. The third kappa shape index (κ3) is 1.58. The van der Waals surface area contributed by atoms with Gasteiger partial charge in [-0.05, 0) is 36.1 Å². The molecule has 1 unspecified atom stereocenters. The third-order valence-corrected chi connectivity index (χ3v) is 3.22. The van der Waals surface area contributed by atoms with Gasteiger partial charge in [-0.25, -0.2) is 0 Å². The Labute approximate surface area is 96.1 Å². The van der Waals surface area contributed by atoms with Crippen molar-refractivity contribution in [3.05, 3.63) is 65.2 Å². The van der Waals surface area contributed by atoms with Crippen molar-refractivity contribution in [1.82, 2.24) is 0 Å². The van der Waals surface area contributed by atoms with Crippen LogP contribution in [0.25, 0.3) is 0 Å². The monoisotopic (exact) mass is 209 g/mol. The molecular formula is C15H15N. The highest BCUT2D eigenvalue weighted by atomic mass is 14.9. The molecule has 80 valence electrons. The summed E-state index contributed by atoms with van der Waals surface area (Å²) in [5.41, 5.74) is 5.42. The summed E-state index contributed by atoms with van der Waals surface area (Å²) in [6, 6.07) is 17.8. The summed E-state index contributed by atoms with van der Waals surface area (Å²) < 4.78 is 0. The molecule has 1 nitrogen and oxygen atoms in total. The van der Waals surface area contributed by atoms with E-state index < -0.39 is 0 Å². The molecule has 3 rings (SSSR count). The summed E-state index contributed by atoms with van der Waals surface area (Å²) in [7, 11) is 0. The largest absolute Gasteiger partial charge is 0.378 e. The van der Waals surface area contributed by atoms with Crippen LogP contribution in [0.5, 0.6) is 0 Å². The van der Waals surface area contributed by atoms with Crippen molar-refractivity contribution < 1.29 is 0 Å². The van der Waals surface area contributed by atoms with Gasteiger partial charge in [-0.1, -0.05) is 42.5 Å². The molecule has 16 heavy (non-hydrogen) atoms. The molecular weight excluding hydrogens is 194 g/mol. The molecule has 1 N–H and O–H groups in total. The summed E-state index contributed by atoms with van der Waals surface area (Å²) in [5, 5.41) is 3.59. The normalized spacial score (nSPS) is 17.9. The lowest BCUT2D eigenvalue weighted by molar-refractivity contribution is 0.824. The molecule has 0 bridgehead atoms. The van der Waals surface area contributed by atoms with Crippen molar-refractivity contribution in [1.29, 1.82) is 0 Å². The molecule has 0 aromatic heterocycles. The van der Waals surface area contributed by atoms with Crippen LogP contribution in [0.15, 0.2) is 48.5 Å². The fourth-order valence-electron chi connectivity index (χ4n) is 2.35. The molecule has 0 fully saturated rings. The number of benzene rings is 2. The maximum absolute atomic E-state index is 3.59. The number of aryl methyl sites for hydroxylation is 1. The average molecular weight is 209 g/mol. The lowest BCUT2D eigenvalue weighted by Gasteiger charge is -2.11. The Morgan fingerprint density at radius 3 is 2.69 bits per heavy atom. The molecule has 0 aliphatic carbocycles. The van der Waals surface area contributed by atoms with E-state index in [1.165, 1.54) is 22.4 Å². The molecule has 0 saturated heterocycles. The molecule has 1 heterocycles. The first-order valence-electron chi connectivity index (χ1n) is 5.74. The van der Waals surface area contributed by atoms with Crippen LogP contribution in [0.1, 0.15) is 22.7 Å². The summed E-state index contributed by atoms with van der Waals surface area (Å²) in [6.07, 6.45) is 1.10. The second-order valence-electron chi connectivity index (χ2n) is 4.47. The van der Waals surface area contributed by atoms with Gasteiger partial charge in [0.15, 0.2) is 0 Å². The van der Waals surface area contributed by atoms with Crippen LogP contribution in [0, 0.1) is 6.92 Å². The number of anilines is 1. The number of nitrogens with one attached hydrogen (secondary N) is 1. The minimum Gasteiger partial charge on any atom is -0.378 e. The first-order chi connectivity index (χ1) is 7.83. The van der Waals surface area contributed by atoms with Crippen LogP contribution in [-0.4, -0.2) is 0 Å². The van der Waals surface area contributed by atoms with Crippen LogP contribution >= 0.6 is 0 Å². The van der Waals surface area contributed by atoms with E-state index in [1.54, 1.807) is 0 Å².